The van der Waals surface area contributed by atoms with Crippen LogP contribution in [0.4, 0.5) is 11.4 Å². The number of hydrogen-bond acceptors (Lipinski definition) is 4. The lowest BCUT2D eigenvalue weighted by Crippen LogP contribution is -2.23. The van der Waals surface area contributed by atoms with E-state index in [2.05, 4.69) is 29.8 Å². The smallest absolute Gasteiger partial charge is 0.251 e. The van der Waals surface area contributed by atoms with Gasteiger partial charge >= 0.3 is 0 Å². The Hall–Kier alpha value is -3.80. The SMILES string of the molecule is CC(C)COc1ccccc1NC(=O)CNc1ccc(C(=O)NCc2ccccc2)cc1. The quantitative estimate of drug-likeness (QED) is 0.435. The van der Waals surface area contributed by atoms with Crippen LogP contribution in [0.25, 0.3) is 0 Å². The zero-order valence-electron chi connectivity index (χ0n) is 18.4. The molecule has 0 saturated carbocycles. The average molecular weight is 432 g/mol. The number of carbonyl (C=O) groups is 2. The van der Waals surface area contributed by atoms with Gasteiger partial charge in [-0.3, -0.25) is 9.59 Å². The molecule has 0 aliphatic carbocycles. The summed E-state index contributed by atoms with van der Waals surface area (Å²) < 4.78 is 5.77. The number of para-hydroxylation sites is 2. The largest absolute Gasteiger partial charge is 0.491 e. The lowest BCUT2D eigenvalue weighted by atomic mass is 10.1. The molecule has 0 aromatic heterocycles. The molecule has 2 amide bonds. The van der Waals surface area contributed by atoms with E-state index in [1.54, 1.807) is 24.3 Å². The molecule has 3 aromatic rings. The Morgan fingerprint density at radius 3 is 2.28 bits per heavy atom. The predicted octanol–water partition coefficient (Wildman–Crippen LogP) is 4.70. The predicted molar refractivity (Wildman–Crippen MR) is 128 cm³/mol. The van der Waals surface area contributed by atoms with Crippen molar-refractivity contribution in [2.75, 3.05) is 23.8 Å². The van der Waals surface area contributed by atoms with Gasteiger partial charge in [-0.25, -0.2) is 0 Å². The normalized spacial score (nSPS) is 10.5. The lowest BCUT2D eigenvalue weighted by Gasteiger charge is -2.14. The van der Waals surface area contributed by atoms with E-state index in [-0.39, 0.29) is 18.4 Å². The highest BCUT2D eigenvalue weighted by Gasteiger charge is 2.09. The Morgan fingerprint density at radius 2 is 1.56 bits per heavy atom. The van der Waals surface area contributed by atoms with Crippen molar-refractivity contribution in [2.24, 2.45) is 5.92 Å². The van der Waals surface area contributed by atoms with Crippen LogP contribution in [0.3, 0.4) is 0 Å². The second-order valence-corrected chi connectivity index (χ2v) is 7.85. The third-order valence-corrected chi connectivity index (χ3v) is 4.63. The van der Waals surface area contributed by atoms with Gasteiger partial charge in [-0.1, -0.05) is 56.3 Å². The number of ether oxygens (including phenoxy) is 1. The van der Waals surface area contributed by atoms with Crippen LogP contribution >= 0.6 is 0 Å². The van der Waals surface area contributed by atoms with Crippen LogP contribution in [0, 0.1) is 5.92 Å². The molecule has 0 fully saturated rings. The molecule has 0 heterocycles. The van der Waals surface area contributed by atoms with Crippen LogP contribution in [-0.4, -0.2) is 25.0 Å². The van der Waals surface area contributed by atoms with Crippen LogP contribution in [-0.2, 0) is 11.3 Å². The summed E-state index contributed by atoms with van der Waals surface area (Å²) in [5.41, 5.74) is 3.00. The molecule has 0 saturated heterocycles. The number of carbonyl (C=O) groups excluding carboxylic acids is 2. The van der Waals surface area contributed by atoms with Crippen molar-refractivity contribution in [3.8, 4) is 5.75 Å². The zero-order chi connectivity index (χ0) is 22.8. The first-order valence-electron chi connectivity index (χ1n) is 10.7. The van der Waals surface area contributed by atoms with Crippen molar-refractivity contribution in [2.45, 2.75) is 20.4 Å². The molecule has 3 rings (SSSR count). The van der Waals surface area contributed by atoms with E-state index in [9.17, 15) is 9.59 Å². The highest BCUT2D eigenvalue weighted by atomic mass is 16.5. The lowest BCUT2D eigenvalue weighted by molar-refractivity contribution is -0.114. The number of anilines is 2. The maximum atomic E-state index is 12.4. The van der Waals surface area contributed by atoms with Crippen LogP contribution in [0.1, 0.15) is 29.8 Å². The molecule has 0 aliphatic rings. The third-order valence-electron chi connectivity index (χ3n) is 4.63. The van der Waals surface area contributed by atoms with E-state index >= 15 is 0 Å². The van der Waals surface area contributed by atoms with Crippen LogP contribution in [0.15, 0.2) is 78.9 Å². The fourth-order valence-corrected chi connectivity index (χ4v) is 2.95. The Kier molecular flexibility index (Phi) is 8.26. The van der Waals surface area contributed by atoms with Gasteiger partial charge < -0.3 is 20.7 Å². The molecule has 3 aromatic carbocycles. The van der Waals surface area contributed by atoms with Crippen molar-refractivity contribution in [1.29, 1.82) is 0 Å². The van der Waals surface area contributed by atoms with E-state index in [4.69, 9.17) is 4.74 Å². The minimum atomic E-state index is -0.185. The fourth-order valence-electron chi connectivity index (χ4n) is 2.95. The number of nitrogens with one attached hydrogen (secondary N) is 3. The summed E-state index contributed by atoms with van der Waals surface area (Å²) >= 11 is 0. The van der Waals surface area contributed by atoms with Gasteiger partial charge in [-0.05, 0) is 47.9 Å². The van der Waals surface area contributed by atoms with Crippen molar-refractivity contribution < 1.29 is 14.3 Å². The molecule has 0 atom stereocenters. The van der Waals surface area contributed by atoms with Crippen molar-refractivity contribution in [3.63, 3.8) is 0 Å². The molecule has 166 valence electrons. The maximum absolute atomic E-state index is 12.4. The van der Waals surface area contributed by atoms with Gasteiger partial charge in [-0.15, -0.1) is 0 Å². The Bertz CT molecular complexity index is 1020. The summed E-state index contributed by atoms with van der Waals surface area (Å²) in [5, 5.41) is 8.85. The Balaban J connectivity index is 1.48. The first kappa shape index (κ1) is 22.9. The van der Waals surface area contributed by atoms with E-state index < -0.39 is 0 Å². The third kappa shape index (κ3) is 7.16. The van der Waals surface area contributed by atoms with Gasteiger partial charge in [0.15, 0.2) is 0 Å². The molecule has 0 spiro atoms. The molecule has 0 aliphatic heterocycles. The summed E-state index contributed by atoms with van der Waals surface area (Å²) in [6, 6.07) is 24.2. The maximum Gasteiger partial charge on any atom is 0.251 e. The highest BCUT2D eigenvalue weighted by molar-refractivity contribution is 5.96. The number of rotatable bonds is 10. The summed E-state index contributed by atoms with van der Waals surface area (Å²) in [6.07, 6.45) is 0. The van der Waals surface area contributed by atoms with Gasteiger partial charge in [0.05, 0.1) is 18.8 Å². The van der Waals surface area contributed by atoms with E-state index in [0.29, 0.717) is 36.1 Å². The Labute approximate surface area is 189 Å². The van der Waals surface area contributed by atoms with E-state index in [0.717, 1.165) is 11.3 Å². The van der Waals surface area contributed by atoms with Crippen LogP contribution < -0.4 is 20.7 Å². The van der Waals surface area contributed by atoms with Crippen molar-refractivity contribution in [1.82, 2.24) is 5.32 Å². The van der Waals surface area contributed by atoms with Crippen molar-refractivity contribution >= 4 is 23.2 Å². The molecule has 6 nitrogen and oxygen atoms in total. The number of hydrogen-bond donors (Lipinski definition) is 3. The van der Waals surface area contributed by atoms with Crippen LogP contribution in [0.5, 0.6) is 5.75 Å². The summed E-state index contributed by atoms with van der Waals surface area (Å²) in [5.74, 6) is 0.718. The second kappa shape index (κ2) is 11.6. The summed E-state index contributed by atoms with van der Waals surface area (Å²) in [4.78, 5) is 24.7. The molecule has 32 heavy (non-hydrogen) atoms. The molecule has 3 N–H and O–H groups in total. The molecule has 0 unspecified atom stereocenters. The second-order valence-electron chi connectivity index (χ2n) is 7.85. The monoisotopic (exact) mass is 431 g/mol. The Morgan fingerprint density at radius 1 is 0.875 bits per heavy atom. The molecular weight excluding hydrogens is 402 g/mol. The van der Waals surface area contributed by atoms with Gasteiger partial charge in [0.25, 0.3) is 5.91 Å². The van der Waals surface area contributed by atoms with Gasteiger partial charge in [-0.2, -0.15) is 0 Å². The van der Waals surface area contributed by atoms with E-state index in [1.807, 2.05) is 54.6 Å². The minimum absolute atomic E-state index is 0.0953. The van der Waals surface area contributed by atoms with E-state index in [1.165, 1.54) is 0 Å². The zero-order valence-corrected chi connectivity index (χ0v) is 18.4. The molecule has 0 bridgehead atoms. The molecular formula is C26H29N3O3. The first-order chi connectivity index (χ1) is 15.5. The van der Waals surface area contributed by atoms with Gasteiger partial charge in [0.2, 0.25) is 5.91 Å². The fraction of sp³-hybridized carbons (Fsp3) is 0.231. The molecule has 0 radical (unpaired) electrons. The first-order valence-corrected chi connectivity index (χ1v) is 10.7. The number of benzene rings is 3. The topological polar surface area (TPSA) is 79.5 Å². The summed E-state index contributed by atoms with van der Waals surface area (Å²) in [7, 11) is 0. The minimum Gasteiger partial charge on any atom is -0.491 e. The van der Waals surface area contributed by atoms with Gasteiger partial charge in [0, 0.05) is 17.8 Å². The van der Waals surface area contributed by atoms with Crippen molar-refractivity contribution in [3.05, 3.63) is 90.0 Å². The van der Waals surface area contributed by atoms with Crippen LogP contribution in [0.2, 0.25) is 0 Å². The standard InChI is InChI=1S/C26H29N3O3/c1-19(2)18-32-24-11-7-6-10-23(24)29-25(30)17-27-22-14-12-21(13-15-22)26(31)28-16-20-8-4-3-5-9-20/h3-15,19,27H,16-18H2,1-2H3,(H,28,31)(H,29,30). The highest BCUT2D eigenvalue weighted by Crippen LogP contribution is 2.24. The van der Waals surface area contributed by atoms with Gasteiger partial charge in [0.1, 0.15) is 5.75 Å². The number of amides is 2. The molecule has 6 heteroatoms. The summed E-state index contributed by atoms with van der Waals surface area (Å²) in [6.45, 7) is 5.29. The average Bonchev–Trinajstić information content (AvgIpc) is 2.81.